The number of thiophene rings is 1. The summed E-state index contributed by atoms with van der Waals surface area (Å²) < 4.78 is 28.2. The minimum Gasteiger partial charge on any atom is -0.477 e. The predicted octanol–water partition coefficient (Wildman–Crippen LogP) is 4.41. The van der Waals surface area contributed by atoms with Crippen LogP contribution in [0.1, 0.15) is 39.9 Å². The van der Waals surface area contributed by atoms with Crippen LogP contribution in [0.3, 0.4) is 0 Å². The molecule has 8 heteroatoms. The Labute approximate surface area is 190 Å². The number of amides is 1. The molecule has 1 saturated heterocycles. The topological polar surface area (TPSA) is 77.8 Å². The summed E-state index contributed by atoms with van der Waals surface area (Å²) in [4.78, 5) is 25.4. The van der Waals surface area contributed by atoms with E-state index in [9.17, 15) is 23.5 Å². The highest BCUT2D eigenvalue weighted by Gasteiger charge is 2.52. The minimum absolute atomic E-state index is 0.109. The van der Waals surface area contributed by atoms with Gasteiger partial charge in [-0.25, -0.2) is 4.79 Å². The molecule has 3 rings (SSSR count). The number of hydrogen-bond donors (Lipinski definition) is 2. The number of nitrogens with zero attached hydrogens (tertiary/aromatic N) is 1. The lowest BCUT2D eigenvalue weighted by atomic mass is 9.95. The van der Waals surface area contributed by atoms with Gasteiger partial charge in [-0.1, -0.05) is 49.4 Å². The monoisotopic (exact) mass is 463 g/mol. The van der Waals surface area contributed by atoms with Crippen molar-refractivity contribution >= 4 is 23.2 Å². The molecule has 0 aliphatic carbocycles. The number of carboxylic acids is 1. The van der Waals surface area contributed by atoms with E-state index in [0.29, 0.717) is 19.3 Å². The van der Waals surface area contributed by atoms with Crippen LogP contribution in [0.2, 0.25) is 0 Å². The number of aryl methyl sites for hydroxylation is 1. The molecule has 1 aromatic carbocycles. The molecular formula is C24H27F2NO4S. The summed E-state index contributed by atoms with van der Waals surface area (Å²) in [6, 6.07) is 12.1. The van der Waals surface area contributed by atoms with Gasteiger partial charge in [-0.2, -0.15) is 8.78 Å². The summed E-state index contributed by atoms with van der Waals surface area (Å²) in [6.45, 7) is 2.03. The zero-order valence-corrected chi connectivity index (χ0v) is 18.6. The number of halogens is 2. The van der Waals surface area contributed by atoms with Crippen molar-refractivity contribution in [3.05, 3.63) is 69.9 Å². The van der Waals surface area contributed by atoms with Crippen molar-refractivity contribution in [1.29, 1.82) is 0 Å². The largest absolute Gasteiger partial charge is 0.477 e. The molecule has 1 aliphatic rings. The van der Waals surface area contributed by atoms with Crippen LogP contribution in [-0.4, -0.2) is 51.6 Å². The number of benzene rings is 1. The van der Waals surface area contributed by atoms with Crippen LogP contribution in [-0.2, 0) is 17.6 Å². The number of likely N-dealkylation sites (tertiary alicyclic amines) is 1. The quantitative estimate of drug-likeness (QED) is 0.512. The minimum atomic E-state index is -3.42. The average molecular weight is 464 g/mol. The number of hydrogen-bond acceptors (Lipinski definition) is 4. The van der Waals surface area contributed by atoms with Gasteiger partial charge in [-0.05, 0) is 42.9 Å². The van der Waals surface area contributed by atoms with Gasteiger partial charge >= 0.3 is 11.9 Å². The van der Waals surface area contributed by atoms with Crippen LogP contribution in [0.5, 0.6) is 0 Å². The summed E-state index contributed by atoms with van der Waals surface area (Å²) in [5.74, 6) is -5.73. The second-order valence-corrected chi connectivity index (χ2v) is 9.36. The van der Waals surface area contributed by atoms with Gasteiger partial charge in [0, 0.05) is 17.8 Å². The molecule has 2 N–H and O–H groups in total. The van der Waals surface area contributed by atoms with Gasteiger partial charge in [-0.3, -0.25) is 4.79 Å². The van der Waals surface area contributed by atoms with Crippen LogP contribution >= 0.6 is 11.3 Å². The van der Waals surface area contributed by atoms with E-state index in [1.807, 2.05) is 37.3 Å². The smallest absolute Gasteiger partial charge is 0.345 e. The van der Waals surface area contributed by atoms with Crippen LogP contribution in [0.4, 0.5) is 8.78 Å². The third-order valence-electron chi connectivity index (χ3n) is 5.65. The lowest BCUT2D eigenvalue weighted by molar-refractivity contribution is -0.148. The highest BCUT2D eigenvalue weighted by Crippen LogP contribution is 2.34. The molecule has 32 heavy (non-hydrogen) atoms. The predicted molar refractivity (Wildman–Crippen MR) is 119 cm³/mol. The van der Waals surface area contributed by atoms with E-state index in [-0.39, 0.29) is 17.3 Å². The van der Waals surface area contributed by atoms with Gasteiger partial charge in [0.25, 0.3) is 5.91 Å². The third-order valence-corrected chi connectivity index (χ3v) is 6.78. The third kappa shape index (κ3) is 6.01. The van der Waals surface area contributed by atoms with Gasteiger partial charge in [0.05, 0.1) is 12.1 Å². The van der Waals surface area contributed by atoms with Crippen molar-refractivity contribution in [1.82, 2.24) is 4.90 Å². The summed E-state index contributed by atoms with van der Waals surface area (Å²) in [5, 5.41) is 19.5. The molecule has 1 fully saturated rings. The van der Waals surface area contributed by atoms with Crippen LogP contribution < -0.4 is 0 Å². The van der Waals surface area contributed by atoms with Crippen molar-refractivity contribution < 1.29 is 28.6 Å². The fourth-order valence-electron chi connectivity index (χ4n) is 3.85. The zero-order valence-electron chi connectivity index (χ0n) is 17.8. The highest BCUT2D eigenvalue weighted by atomic mass is 32.1. The first kappa shape index (κ1) is 24.1. The van der Waals surface area contributed by atoms with Crippen molar-refractivity contribution in [3.8, 4) is 0 Å². The number of aliphatic hydroxyl groups excluding tert-OH is 1. The van der Waals surface area contributed by atoms with Gasteiger partial charge < -0.3 is 15.1 Å². The molecule has 3 atom stereocenters. The first-order valence-corrected chi connectivity index (χ1v) is 11.4. The van der Waals surface area contributed by atoms with E-state index in [1.54, 1.807) is 6.07 Å². The maximum atomic E-state index is 14.1. The number of alkyl halides is 2. The van der Waals surface area contributed by atoms with Gasteiger partial charge in [0.15, 0.2) is 0 Å². The Hall–Kier alpha value is -2.58. The van der Waals surface area contributed by atoms with Crippen molar-refractivity contribution in [2.75, 3.05) is 6.54 Å². The number of carbonyl (C=O) groups is 2. The zero-order chi connectivity index (χ0) is 23.3. The summed E-state index contributed by atoms with van der Waals surface area (Å²) >= 11 is 1.14. The van der Waals surface area contributed by atoms with E-state index in [0.717, 1.165) is 26.7 Å². The maximum absolute atomic E-state index is 14.1. The van der Waals surface area contributed by atoms with E-state index >= 15 is 0 Å². The van der Waals surface area contributed by atoms with E-state index in [2.05, 4.69) is 0 Å². The normalized spacial score (nSPS) is 20.1. The van der Waals surface area contributed by atoms with E-state index < -0.39 is 36.4 Å². The SMILES string of the molecule is CC(Cc1ccccc1)C(O)C=CC1CC(F)(F)C(=O)N1CCCc1ccc(C(=O)O)s1. The summed E-state index contributed by atoms with van der Waals surface area (Å²) in [5.41, 5.74) is 1.08. The number of rotatable bonds is 10. The Morgan fingerprint density at radius 2 is 2.00 bits per heavy atom. The van der Waals surface area contributed by atoms with Crippen molar-refractivity contribution in [2.45, 2.75) is 50.7 Å². The van der Waals surface area contributed by atoms with Crippen molar-refractivity contribution in [3.63, 3.8) is 0 Å². The number of aliphatic hydroxyl groups is 1. The molecule has 0 saturated carbocycles. The standard InChI is InChI=1S/C24H27F2NO4S/c1-16(14-17-6-3-2-4-7-17)20(28)11-9-18-15-24(25,26)23(31)27(18)13-5-8-19-10-12-21(32-19)22(29)30/h2-4,6-7,9-12,16,18,20,28H,5,8,13-15H2,1H3,(H,29,30). The molecule has 0 spiro atoms. The molecule has 1 amide bonds. The van der Waals surface area contributed by atoms with E-state index in [4.69, 9.17) is 5.11 Å². The Morgan fingerprint density at radius 1 is 1.28 bits per heavy atom. The molecule has 2 aromatic rings. The number of carbonyl (C=O) groups excluding carboxylic acids is 1. The van der Waals surface area contributed by atoms with E-state index in [1.165, 1.54) is 18.2 Å². The molecular weight excluding hydrogens is 436 g/mol. The Balaban J connectivity index is 1.59. The highest BCUT2D eigenvalue weighted by molar-refractivity contribution is 7.13. The molecule has 2 heterocycles. The van der Waals surface area contributed by atoms with Crippen LogP contribution in [0, 0.1) is 5.92 Å². The lowest BCUT2D eigenvalue weighted by Gasteiger charge is -2.22. The second-order valence-electron chi connectivity index (χ2n) is 8.19. The Morgan fingerprint density at radius 3 is 2.66 bits per heavy atom. The Bertz CT molecular complexity index is 960. The lowest BCUT2D eigenvalue weighted by Crippen LogP contribution is -2.37. The molecule has 0 radical (unpaired) electrons. The summed E-state index contributed by atoms with van der Waals surface area (Å²) in [7, 11) is 0. The Kier molecular flexibility index (Phi) is 7.79. The first-order valence-electron chi connectivity index (χ1n) is 10.6. The van der Waals surface area contributed by atoms with Crippen LogP contribution in [0.25, 0.3) is 0 Å². The van der Waals surface area contributed by atoms with Gasteiger partial charge in [0.1, 0.15) is 4.88 Å². The molecule has 3 unspecified atom stereocenters. The number of carboxylic acid groups (broad SMARTS) is 1. The molecule has 1 aliphatic heterocycles. The second kappa shape index (κ2) is 10.4. The van der Waals surface area contributed by atoms with Gasteiger partial charge in [0.2, 0.25) is 0 Å². The molecule has 1 aromatic heterocycles. The molecule has 172 valence electrons. The molecule has 0 bridgehead atoms. The van der Waals surface area contributed by atoms with Crippen LogP contribution in [0.15, 0.2) is 54.6 Å². The first-order chi connectivity index (χ1) is 15.2. The summed E-state index contributed by atoms with van der Waals surface area (Å²) in [6.07, 6.45) is 3.19. The average Bonchev–Trinajstić information content (AvgIpc) is 3.31. The fraction of sp³-hybridized carbons (Fsp3) is 0.417. The van der Waals surface area contributed by atoms with Crippen molar-refractivity contribution in [2.24, 2.45) is 5.92 Å². The fourth-order valence-corrected chi connectivity index (χ4v) is 4.74. The maximum Gasteiger partial charge on any atom is 0.345 e. The molecule has 5 nitrogen and oxygen atoms in total. The number of aromatic carboxylic acids is 1. The van der Waals surface area contributed by atoms with Gasteiger partial charge in [-0.15, -0.1) is 11.3 Å².